The molecule has 1 aliphatic heterocycles. The molecule has 1 saturated heterocycles. The Kier molecular flexibility index (Phi) is 6.52. The van der Waals surface area contributed by atoms with Crippen LogP contribution in [0.2, 0.25) is 0 Å². The summed E-state index contributed by atoms with van der Waals surface area (Å²) in [6.45, 7) is 9.85. The molecule has 0 spiro atoms. The lowest BCUT2D eigenvalue weighted by Gasteiger charge is -2.60. The lowest BCUT2D eigenvalue weighted by Crippen LogP contribution is -2.54. The molecule has 0 aromatic heterocycles. The molecule has 4 fully saturated rings. The van der Waals surface area contributed by atoms with E-state index in [4.69, 9.17) is 4.74 Å². The second-order valence-corrected chi connectivity index (χ2v) is 12.6. The van der Waals surface area contributed by atoms with Gasteiger partial charge in [-0.05, 0) is 124 Å². The quantitative estimate of drug-likeness (QED) is 0.481. The van der Waals surface area contributed by atoms with Crippen molar-refractivity contribution in [1.29, 1.82) is 0 Å². The van der Waals surface area contributed by atoms with Gasteiger partial charge in [-0.2, -0.15) is 0 Å². The fourth-order valence-electron chi connectivity index (χ4n) is 9.12. The standard InChI is InChI=1S/C29H45NO3/c1-20(31)24-9-10-25-23-8-7-21-19-22(33-27(32)13-18-30-16-5-4-6-17-30)11-14-28(21,2)26(23)12-15-29(24,25)3/h9,21-23,25-26H,4-8,10-19H2,1-3H3/t21-,22+,23-,25+,26-,28-,29+/m0/s1. The molecule has 0 aromatic rings. The Morgan fingerprint density at radius 1 is 1.03 bits per heavy atom. The number of rotatable bonds is 5. The van der Waals surface area contributed by atoms with Crippen LogP contribution in [0.15, 0.2) is 11.6 Å². The first-order valence-corrected chi connectivity index (χ1v) is 13.9. The number of likely N-dealkylation sites (tertiary alicyclic amines) is 1. The van der Waals surface area contributed by atoms with Crippen LogP contribution in [0.4, 0.5) is 0 Å². The first-order valence-electron chi connectivity index (χ1n) is 13.9. The summed E-state index contributed by atoms with van der Waals surface area (Å²) >= 11 is 0. The first-order chi connectivity index (χ1) is 15.8. The highest BCUT2D eigenvalue weighted by Crippen LogP contribution is 2.66. The summed E-state index contributed by atoms with van der Waals surface area (Å²) in [5, 5.41) is 0. The number of esters is 1. The van der Waals surface area contributed by atoms with E-state index in [1.807, 2.05) is 0 Å². The minimum atomic E-state index is 0.0186. The van der Waals surface area contributed by atoms with Crippen molar-refractivity contribution in [3.8, 4) is 0 Å². The molecular weight excluding hydrogens is 410 g/mol. The number of ether oxygens (including phenoxy) is 1. The minimum Gasteiger partial charge on any atom is -0.462 e. The second kappa shape index (κ2) is 9.13. The number of piperidine rings is 1. The molecule has 3 saturated carbocycles. The highest BCUT2D eigenvalue weighted by Gasteiger charge is 2.59. The van der Waals surface area contributed by atoms with Crippen LogP contribution in [0.25, 0.3) is 0 Å². The summed E-state index contributed by atoms with van der Waals surface area (Å²) in [5.74, 6) is 3.16. The number of allylic oxidation sites excluding steroid dienone is 2. The van der Waals surface area contributed by atoms with Crippen molar-refractivity contribution in [3.05, 3.63) is 11.6 Å². The van der Waals surface area contributed by atoms with Gasteiger partial charge in [0.1, 0.15) is 6.10 Å². The zero-order chi connectivity index (χ0) is 23.2. The number of ketones is 1. The Morgan fingerprint density at radius 3 is 2.58 bits per heavy atom. The summed E-state index contributed by atoms with van der Waals surface area (Å²) in [6, 6.07) is 0. The number of Topliss-reactive ketones (excluding diaryl/α,β-unsaturated/α-hetero) is 1. The van der Waals surface area contributed by atoms with E-state index in [1.165, 1.54) is 51.4 Å². The van der Waals surface area contributed by atoms with Gasteiger partial charge >= 0.3 is 5.97 Å². The van der Waals surface area contributed by atoms with Crippen LogP contribution in [0.1, 0.15) is 97.8 Å². The van der Waals surface area contributed by atoms with Crippen molar-refractivity contribution in [2.45, 2.75) is 104 Å². The number of carbonyl (C=O) groups is 2. The SMILES string of the molecule is CC(=O)C1=CC[C@@H]2[C@@H]3CC[C@H]4C[C@H](OC(=O)CCN5CCCCC5)CC[C@]4(C)[C@H]3CC[C@]12C. The third-order valence-corrected chi connectivity index (χ3v) is 11.0. The highest BCUT2D eigenvalue weighted by atomic mass is 16.5. The van der Waals surface area contributed by atoms with Gasteiger partial charge in [0.2, 0.25) is 0 Å². The number of hydrogen-bond acceptors (Lipinski definition) is 4. The maximum Gasteiger partial charge on any atom is 0.307 e. The summed E-state index contributed by atoms with van der Waals surface area (Å²) in [5.41, 5.74) is 1.61. The van der Waals surface area contributed by atoms with Crippen LogP contribution >= 0.6 is 0 Å². The van der Waals surface area contributed by atoms with Gasteiger partial charge in [0.05, 0.1) is 6.42 Å². The maximum absolute atomic E-state index is 12.6. The van der Waals surface area contributed by atoms with Gasteiger partial charge in [0.15, 0.2) is 5.78 Å². The van der Waals surface area contributed by atoms with Crippen LogP contribution in [0.3, 0.4) is 0 Å². The zero-order valence-corrected chi connectivity index (χ0v) is 21.2. The van der Waals surface area contributed by atoms with Crippen LogP contribution in [0.5, 0.6) is 0 Å². The average molecular weight is 456 g/mol. The van der Waals surface area contributed by atoms with Crippen LogP contribution < -0.4 is 0 Å². The van der Waals surface area contributed by atoms with Crippen LogP contribution in [0, 0.1) is 34.5 Å². The van der Waals surface area contributed by atoms with E-state index in [0.717, 1.165) is 56.3 Å². The minimum absolute atomic E-state index is 0.0186. The van der Waals surface area contributed by atoms with Gasteiger partial charge in [-0.1, -0.05) is 26.3 Å². The Morgan fingerprint density at radius 2 is 1.82 bits per heavy atom. The van der Waals surface area contributed by atoms with Crippen molar-refractivity contribution < 1.29 is 14.3 Å². The summed E-state index contributed by atoms with van der Waals surface area (Å²) in [7, 11) is 0. The Bertz CT molecular complexity index is 799. The fraction of sp³-hybridized carbons (Fsp3) is 0.862. The Hall–Kier alpha value is -1.16. The van der Waals surface area contributed by atoms with Crippen molar-refractivity contribution in [1.82, 2.24) is 4.90 Å². The third kappa shape index (κ3) is 4.23. The van der Waals surface area contributed by atoms with Crippen molar-refractivity contribution in [2.75, 3.05) is 19.6 Å². The molecule has 0 N–H and O–H groups in total. The topological polar surface area (TPSA) is 46.6 Å². The molecule has 7 atom stereocenters. The van der Waals surface area contributed by atoms with Gasteiger partial charge in [-0.15, -0.1) is 0 Å². The van der Waals surface area contributed by atoms with Crippen LogP contribution in [-0.2, 0) is 14.3 Å². The number of carbonyl (C=O) groups excluding carboxylic acids is 2. The molecule has 4 nitrogen and oxygen atoms in total. The molecule has 0 bridgehead atoms. The van der Waals surface area contributed by atoms with Gasteiger partial charge in [-0.25, -0.2) is 0 Å². The smallest absolute Gasteiger partial charge is 0.307 e. The summed E-state index contributed by atoms with van der Waals surface area (Å²) in [6.07, 6.45) is 16.2. The van der Waals surface area contributed by atoms with Gasteiger partial charge < -0.3 is 9.64 Å². The first kappa shape index (κ1) is 23.6. The Labute approximate surface area is 200 Å². The molecule has 0 unspecified atom stereocenters. The molecule has 4 aliphatic carbocycles. The van der Waals surface area contributed by atoms with E-state index < -0.39 is 0 Å². The van der Waals surface area contributed by atoms with E-state index in [2.05, 4.69) is 24.8 Å². The van der Waals surface area contributed by atoms with Gasteiger partial charge in [0, 0.05) is 6.54 Å². The highest BCUT2D eigenvalue weighted by molar-refractivity contribution is 5.95. The molecule has 1 heterocycles. The molecule has 33 heavy (non-hydrogen) atoms. The molecular formula is C29H45NO3. The van der Waals surface area contributed by atoms with Crippen LogP contribution in [-0.4, -0.2) is 42.4 Å². The number of nitrogens with zero attached hydrogens (tertiary/aromatic N) is 1. The average Bonchev–Trinajstić information content (AvgIpc) is 3.16. The molecule has 0 amide bonds. The molecule has 184 valence electrons. The molecule has 4 heteroatoms. The fourth-order valence-corrected chi connectivity index (χ4v) is 9.12. The lowest BCUT2D eigenvalue weighted by molar-refractivity contribution is -0.161. The largest absolute Gasteiger partial charge is 0.462 e. The monoisotopic (exact) mass is 455 g/mol. The predicted molar refractivity (Wildman–Crippen MR) is 131 cm³/mol. The van der Waals surface area contributed by atoms with E-state index in [1.54, 1.807) is 6.92 Å². The normalized spacial score (nSPS) is 43.1. The molecule has 0 aromatic carbocycles. The number of hydrogen-bond donors (Lipinski definition) is 0. The van der Waals surface area contributed by atoms with Crippen molar-refractivity contribution in [2.24, 2.45) is 34.5 Å². The van der Waals surface area contributed by atoms with E-state index in [-0.39, 0.29) is 17.5 Å². The van der Waals surface area contributed by atoms with E-state index in [0.29, 0.717) is 29.5 Å². The zero-order valence-electron chi connectivity index (χ0n) is 21.2. The van der Waals surface area contributed by atoms with Crippen molar-refractivity contribution >= 4 is 11.8 Å². The summed E-state index contributed by atoms with van der Waals surface area (Å²) < 4.78 is 6.03. The predicted octanol–water partition coefficient (Wildman–Crippen LogP) is 5.94. The Balaban J connectivity index is 1.18. The number of fused-ring (bicyclic) bond motifs is 5. The maximum atomic E-state index is 12.6. The van der Waals surface area contributed by atoms with E-state index in [9.17, 15) is 9.59 Å². The molecule has 0 radical (unpaired) electrons. The van der Waals surface area contributed by atoms with Gasteiger partial charge in [0.25, 0.3) is 0 Å². The molecule has 5 aliphatic rings. The summed E-state index contributed by atoms with van der Waals surface area (Å²) in [4.78, 5) is 27.3. The third-order valence-electron chi connectivity index (χ3n) is 11.0. The van der Waals surface area contributed by atoms with Gasteiger partial charge in [-0.3, -0.25) is 9.59 Å². The lowest BCUT2D eigenvalue weighted by atomic mass is 9.44. The second-order valence-electron chi connectivity index (χ2n) is 12.6. The molecule has 5 rings (SSSR count). The van der Waals surface area contributed by atoms with Crippen molar-refractivity contribution in [3.63, 3.8) is 0 Å². The van der Waals surface area contributed by atoms with E-state index >= 15 is 0 Å².